The maximum atomic E-state index is 9.18. The smallest absolute Gasteiger partial charge is 0.109 e. The fraction of sp³-hybridized carbons (Fsp3) is 0.333. The minimum Gasteiger partial charge on any atom is -0.411 e. The van der Waals surface area contributed by atoms with Crippen molar-refractivity contribution in [2.24, 2.45) is 5.16 Å². The molecule has 20 heavy (non-hydrogen) atoms. The summed E-state index contributed by atoms with van der Waals surface area (Å²) in [5, 5.41) is 17.0. The highest BCUT2D eigenvalue weighted by atomic mass is 16.4. The van der Waals surface area contributed by atoms with Gasteiger partial charge in [-0.15, -0.1) is 0 Å². The van der Waals surface area contributed by atoms with Gasteiger partial charge in [0.15, 0.2) is 0 Å². The zero-order chi connectivity index (χ0) is 13.9. The quantitative estimate of drug-likeness (QED) is 0.688. The fourth-order valence-electron chi connectivity index (χ4n) is 2.69. The van der Waals surface area contributed by atoms with Crippen LogP contribution in [0, 0.1) is 0 Å². The van der Waals surface area contributed by atoms with Gasteiger partial charge in [-0.25, -0.2) is 0 Å². The second-order valence-electron chi connectivity index (χ2n) is 4.90. The summed E-state index contributed by atoms with van der Waals surface area (Å²) in [5.41, 5.74) is 3.99. The molecule has 0 aliphatic carbocycles. The van der Waals surface area contributed by atoms with E-state index < -0.39 is 0 Å². The van der Waals surface area contributed by atoms with E-state index in [0.717, 1.165) is 43.1 Å². The maximum absolute atomic E-state index is 9.18. The number of aryl methyl sites for hydroxylation is 1. The first kappa shape index (κ1) is 12.7. The third kappa shape index (κ3) is 2.15. The standard InChI is InChI=1S/C15H18N4O/c1-2-19-15-13(17-20)8-9-18(14(15)10-16-19)11-12-6-4-3-5-7-12/h3-7,10,20H,2,8-9,11H2,1H3/b17-13+. The Morgan fingerprint density at radius 2 is 2.10 bits per heavy atom. The van der Waals surface area contributed by atoms with Crippen LogP contribution in [0.15, 0.2) is 41.7 Å². The molecule has 1 aromatic carbocycles. The van der Waals surface area contributed by atoms with Crippen molar-refractivity contribution in [2.75, 3.05) is 11.4 Å². The SMILES string of the molecule is CCn1ncc2c1/C(=N/O)CCN2Cc1ccccc1. The van der Waals surface area contributed by atoms with Crippen LogP contribution in [0.3, 0.4) is 0 Å². The van der Waals surface area contributed by atoms with Gasteiger partial charge in [-0.05, 0) is 12.5 Å². The molecule has 0 fully saturated rings. The van der Waals surface area contributed by atoms with Crippen molar-refractivity contribution < 1.29 is 5.21 Å². The van der Waals surface area contributed by atoms with E-state index in [1.807, 2.05) is 23.9 Å². The van der Waals surface area contributed by atoms with E-state index >= 15 is 0 Å². The lowest BCUT2D eigenvalue weighted by atomic mass is 10.1. The molecule has 5 nitrogen and oxygen atoms in total. The molecule has 5 heteroatoms. The summed E-state index contributed by atoms with van der Waals surface area (Å²) in [7, 11) is 0. The van der Waals surface area contributed by atoms with Crippen molar-refractivity contribution in [3.8, 4) is 0 Å². The molecule has 0 saturated heterocycles. The molecule has 3 rings (SSSR count). The summed E-state index contributed by atoms with van der Waals surface area (Å²) >= 11 is 0. The van der Waals surface area contributed by atoms with Crippen molar-refractivity contribution in [1.82, 2.24) is 9.78 Å². The topological polar surface area (TPSA) is 53.6 Å². The molecule has 0 unspecified atom stereocenters. The highest BCUT2D eigenvalue weighted by Crippen LogP contribution is 2.28. The van der Waals surface area contributed by atoms with Crippen molar-refractivity contribution in [1.29, 1.82) is 0 Å². The van der Waals surface area contributed by atoms with Crippen molar-refractivity contribution in [2.45, 2.75) is 26.4 Å². The Morgan fingerprint density at radius 1 is 1.30 bits per heavy atom. The predicted molar refractivity (Wildman–Crippen MR) is 78.3 cm³/mol. The molecule has 2 aromatic rings. The zero-order valence-electron chi connectivity index (χ0n) is 11.5. The Kier molecular flexibility index (Phi) is 3.41. The normalized spacial score (nSPS) is 16.4. The molecule has 0 atom stereocenters. The van der Waals surface area contributed by atoms with E-state index in [-0.39, 0.29) is 0 Å². The van der Waals surface area contributed by atoms with Crippen LogP contribution < -0.4 is 4.90 Å². The van der Waals surface area contributed by atoms with E-state index in [4.69, 9.17) is 0 Å². The molecule has 0 saturated carbocycles. The lowest BCUT2D eigenvalue weighted by Gasteiger charge is -2.29. The Morgan fingerprint density at radius 3 is 2.80 bits per heavy atom. The largest absolute Gasteiger partial charge is 0.411 e. The summed E-state index contributed by atoms with van der Waals surface area (Å²) < 4.78 is 1.89. The molecule has 2 heterocycles. The molecule has 0 spiro atoms. The molecule has 104 valence electrons. The molecule has 0 radical (unpaired) electrons. The van der Waals surface area contributed by atoms with Crippen LogP contribution in [-0.2, 0) is 13.1 Å². The van der Waals surface area contributed by atoms with Crippen LogP contribution in [0.5, 0.6) is 0 Å². The average molecular weight is 270 g/mol. The van der Waals surface area contributed by atoms with Crippen molar-refractivity contribution >= 4 is 11.4 Å². The van der Waals surface area contributed by atoms with Crippen LogP contribution in [0.2, 0.25) is 0 Å². The van der Waals surface area contributed by atoms with Gasteiger partial charge in [-0.1, -0.05) is 35.5 Å². The first-order valence-corrected chi connectivity index (χ1v) is 6.89. The number of fused-ring (bicyclic) bond motifs is 1. The number of hydrogen-bond donors (Lipinski definition) is 1. The first-order valence-electron chi connectivity index (χ1n) is 6.89. The van der Waals surface area contributed by atoms with Crippen molar-refractivity contribution in [3.05, 3.63) is 47.8 Å². The monoisotopic (exact) mass is 270 g/mol. The van der Waals surface area contributed by atoms with Crippen LogP contribution in [0.1, 0.15) is 24.6 Å². The van der Waals surface area contributed by atoms with Gasteiger partial charge >= 0.3 is 0 Å². The maximum Gasteiger partial charge on any atom is 0.109 e. The van der Waals surface area contributed by atoms with Crippen LogP contribution in [0.25, 0.3) is 0 Å². The van der Waals surface area contributed by atoms with E-state index in [1.54, 1.807) is 0 Å². The van der Waals surface area contributed by atoms with Crippen molar-refractivity contribution in [3.63, 3.8) is 0 Å². The van der Waals surface area contributed by atoms with Crippen LogP contribution in [0.4, 0.5) is 5.69 Å². The van der Waals surface area contributed by atoms with Gasteiger partial charge in [-0.2, -0.15) is 5.10 Å². The number of anilines is 1. The average Bonchev–Trinajstić information content (AvgIpc) is 2.93. The van der Waals surface area contributed by atoms with Gasteiger partial charge in [0.2, 0.25) is 0 Å². The van der Waals surface area contributed by atoms with Gasteiger partial charge in [0.25, 0.3) is 0 Å². The number of aromatic nitrogens is 2. The summed E-state index contributed by atoms with van der Waals surface area (Å²) in [6, 6.07) is 10.4. The minimum absolute atomic E-state index is 0.726. The highest BCUT2D eigenvalue weighted by Gasteiger charge is 2.26. The molecular weight excluding hydrogens is 252 g/mol. The minimum atomic E-state index is 0.726. The van der Waals surface area contributed by atoms with E-state index in [2.05, 4.69) is 39.4 Å². The summed E-state index contributed by atoms with van der Waals surface area (Å²) in [6.45, 7) is 4.50. The van der Waals surface area contributed by atoms with Crippen LogP contribution >= 0.6 is 0 Å². The van der Waals surface area contributed by atoms with E-state index in [1.165, 1.54) is 5.56 Å². The predicted octanol–water partition coefficient (Wildman–Crippen LogP) is 2.49. The Balaban J connectivity index is 1.94. The van der Waals surface area contributed by atoms with Gasteiger partial charge < -0.3 is 10.1 Å². The second-order valence-corrected chi connectivity index (χ2v) is 4.90. The highest BCUT2D eigenvalue weighted by molar-refractivity contribution is 6.05. The molecule has 1 aliphatic heterocycles. The van der Waals surface area contributed by atoms with Gasteiger partial charge in [0.05, 0.1) is 11.9 Å². The Hall–Kier alpha value is -2.30. The Bertz CT molecular complexity index is 618. The Labute approximate surface area is 118 Å². The second kappa shape index (κ2) is 5.36. The first-order chi connectivity index (χ1) is 9.83. The number of benzene rings is 1. The number of hydrogen-bond acceptors (Lipinski definition) is 4. The summed E-state index contributed by atoms with van der Waals surface area (Å²) in [5.74, 6) is 0. The fourth-order valence-corrected chi connectivity index (χ4v) is 2.69. The number of rotatable bonds is 3. The lowest BCUT2D eigenvalue weighted by molar-refractivity contribution is 0.317. The molecule has 1 aromatic heterocycles. The van der Waals surface area contributed by atoms with Crippen LogP contribution in [-0.4, -0.2) is 27.2 Å². The molecule has 0 amide bonds. The summed E-state index contributed by atoms with van der Waals surface area (Å²) in [4.78, 5) is 2.29. The van der Waals surface area contributed by atoms with E-state index in [9.17, 15) is 5.21 Å². The van der Waals surface area contributed by atoms with Gasteiger partial charge in [-0.3, -0.25) is 4.68 Å². The van der Waals surface area contributed by atoms with Gasteiger partial charge in [0.1, 0.15) is 11.4 Å². The molecule has 1 aliphatic rings. The molecule has 0 bridgehead atoms. The zero-order valence-corrected chi connectivity index (χ0v) is 11.5. The van der Waals surface area contributed by atoms with E-state index in [0.29, 0.717) is 0 Å². The molecular formula is C15H18N4O. The summed E-state index contributed by atoms with van der Waals surface area (Å²) in [6.07, 6.45) is 2.61. The number of oxime groups is 1. The number of nitrogens with zero attached hydrogens (tertiary/aromatic N) is 4. The third-order valence-corrected chi connectivity index (χ3v) is 3.69. The third-order valence-electron chi connectivity index (χ3n) is 3.69. The molecule has 1 N–H and O–H groups in total. The van der Waals surface area contributed by atoms with Gasteiger partial charge in [0, 0.05) is 26.1 Å². The lowest BCUT2D eigenvalue weighted by Crippen LogP contribution is -2.32.